The lowest BCUT2D eigenvalue weighted by Crippen LogP contribution is -1.98. The highest BCUT2D eigenvalue weighted by molar-refractivity contribution is 5.66. The molecule has 21 heavy (non-hydrogen) atoms. The Morgan fingerprint density at radius 3 is 2.62 bits per heavy atom. The number of benzene rings is 1. The molecule has 3 aromatic rings. The quantitative estimate of drug-likeness (QED) is 0.751. The molecule has 0 unspecified atom stereocenters. The first kappa shape index (κ1) is 13.0. The number of phenols is 1. The number of halogens is 1. The molecule has 0 radical (unpaired) electrons. The number of nitrogens with two attached hydrogens (primary N) is 1. The van der Waals surface area contributed by atoms with Crippen LogP contribution in [0.3, 0.4) is 0 Å². The van der Waals surface area contributed by atoms with Crippen LogP contribution in [0, 0.1) is 5.82 Å². The fourth-order valence-corrected chi connectivity index (χ4v) is 2.00. The molecule has 0 aliphatic heterocycles. The fourth-order valence-electron chi connectivity index (χ4n) is 2.00. The van der Waals surface area contributed by atoms with Crippen molar-refractivity contribution >= 4 is 5.82 Å². The second-order valence-electron chi connectivity index (χ2n) is 4.60. The SMILES string of the molecule is Cn1cc(-c2cc(N)nc(-c3cc(O)cc(F)c3)n2)cn1. The molecule has 6 nitrogen and oxygen atoms in total. The summed E-state index contributed by atoms with van der Waals surface area (Å²) in [4.78, 5) is 8.43. The smallest absolute Gasteiger partial charge is 0.162 e. The van der Waals surface area contributed by atoms with Gasteiger partial charge in [-0.05, 0) is 12.1 Å². The van der Waals surface area contributed by atoms with Gasteiger partial charge in [0.1, 0.15) is 17.4 Å². The predicted octanol–water partition coefficient (Wildman–Crippen LogP) is 1.97. The van der Waals surface area contributed by atoms with E-state index in [1.807, 2.05) is 0 Å². The van der Waals surface area contributed by atoms with Crippen molar-refractivity contribution in [2.75, 3.05) is 5.73 Å². The van der Waals surface area contributed by atoms with Gasteiger partial charge in [-0.15, -0.1) is 0 Å². The first-order valence-corrected chi connectivity index (χ1v) is 6.15. The van der Waals surface area contributed by atoms with Gasteiger partial charge in [-0.1, -0.05) is 0 Å². The normalized spacial score (nSPS) is 10.8. The van der Waals surface area contributed by atoms with Gasteiger partial charge in [0, 0.05) is 36.5 Å². The maximum atomic E-state index is 13.4. The van der Waals surface area contributed by atoms with Crippen molar-refractivity contribution in [3.8, 4) is 28.4 Å². The third-order valence-electron chi connectivity index (χ3n) is 2.89. The number of nitrogens with zero attached hydrogens (tertiary/aromatic N) is 4. The number of hydrogen-bond acceptors (Lipinski definition) is 5. The number of aryl methyl sites for hydroxylation is 1. The van der Waals surface area contributed by atoms with E-state index in [0.29, 0.717) is 11.3 Å². The Balaban J connectivity index is 2.13. The molecule has 0 saturated carbocycles. The Bertz CT molecular complexity index is 795. The number of rotatable bonds is 2. The van der Waals surface area contributed by atoms with Crippen molar-refractivity contribution in [2.45, 2.75) is 0 Å². The van der Waals surface area contributed by atoms with E-state index in [0.717, 1.165) is 11.6 Å². The van der Waals surface area contributed by atoms with Crippen molar-refractivity contribution in [3.05, 3.63) is 42.5 Å². The maximum Gasteiger partial charge on any atom is 0.162 e. The summed E-state index contributed by atoms with van der Waals surface area (Å²) in [5, 5.41) is 13.5. The molecule has 0 aliphatic rings. The van der Waals surface area contributed by atoms with Crippen LogP contribution in [0.25, 0.3) is 22.6 Å². The van der Waals surface area contributed by atoms with Crippen LogP contribution in [0.15, 0.2) is 36.7 Å². The van der Waals surface area contributed by atoms with E-state index in [4.69, 9.17) is 5.73 Å². The molecule has 3 N–H and O–H groups in total. The third kappa shape index (κ3) is 2.66. The van der Waals surface area contributed by atoms with Gasteiger partial charge in [0.05, 0.1) is 11.9 Å². The molecule has 3 rings (SSSR count). The van der Waals surface area contributed by atoms with Gasteiger partial charge < -0.3 is 10.8 Å². The lowest BCUT2D eigenvalue weighted by atomic mass is 10.1. The van der Waals surface area contributed by atoms with Crippen LogP contribution < -0.4 is 5.73 Å². The molecule has 1 aromatic carbocycles. The van der Waals surface area contributed by atoms with Crippen molar-refractivity contribution in [1.82, 2.24) is 19.7 Å². The molecule has 0 saturated heterocycles. The van der Waals surface area contributed by atoms with Crippen LogP contribution in [0.1, 0.15) is 0 Å². The average molecular weight is 285 g/mol. The van der Waals surface area contributed by atoms with Crippen LogP contribution in [-0.2, 0) is 7.05 Å². The lowest BCUT2D eigenvalue weighted by Gasteiger charge is -2.05. The molecule has 2 aromatic heterocycles. The zero-order valence-corrected chi connectivity index (χ0v) is 11.2. The minimum atomic E-state index is -0.570. The summed E-state index contributed by atoms with van der Waals surface area (Å²) in [5.41, 5.74) is 7.48. The van der Waals surface area contributed by atoms with Gasteiger partial charge in [-0.2, -0.15) is 5.10 Å². The minimum absolute atomic E-state index is 0.195. The highest BCUT2D eigenvalue weighted by Gasteiger charge is 2.10. The number of phenolic OH excluding ortho intramolecular Hbond substituents is 1. The summed E-state index contributed by atoms with van der Waals surface area (Å²) in [7, 11) is 1.79. The van der Waals surface area contributed by atoms with Gasteiger partial charge >= 0.3 is 0 Å². The topological polar surface area (TPSA) is 89.9 Å². The van der Waals surface area contributed by atoms with E-state index in [1.54, 1.807) is 30.2 Å². The number of hydrogen-bond donors (Lipinski definition) is 2. The van der Waals surface area contributed by atoms with Gasteiger partial charge in [0.15, 0.2) is 5.82 Å². The second kappa shape index (κ2) is 4.86. The molecule has 0 fully saturated rings. The monoisotopic (exact) mass is 285 g/mol. The Labute approximate surface area is 119 Å². The molecule has 0 atom stereocenters. The molecular weight excluding hydrogens is 273 g/mol. The first-order chi connectivity index (χ1) is 10.0. The second-order valence-corrected chi connectivity index (χ2v) is 4.60. The Hall–Kier alpha value is -2.96. The van der Waals surface area contributed by atoms with Crippen LogP contribution >= 0.6 is 0 Å². The van der Waals surface area contributed by atoms with E-state index < -0.39 is 5.82 Å². The fraction of sp³-hybridized carbons (Fsp3) is 0.0714. The van der Waals surface area contributed by atoms with Crippen LogP contribution in [0.2, 0.25) is 0 Å². The van der Waals surface area contributed by atoms with Crippen LogP contribution in [-0.4, -0.2) is 24.9 Å². The molecule has 0 amide bonds. The van der Waals surface area contributed by atoms with Gasteiger partial charge in [0.2, 0.25) is 0 Å². The third-order valence-corrected chi connectivity index (χ3v) is 2.89. The van der Waals surface area contributed by atoms with Crippen LogP contribution in [0.4, 0.5) is 10.2 Å². The standard InChI is InChI=1S/C14H12FN5O/c1-20-7-9(6-17-20)12-5-13(16)19-14(18-12)8-2-10(15)4-11(21)3-8/h2-7,21H,1H3,(H2,16,18,19). The first-order valence-electron chi connectivity index (χ1n) is 6.15. The summed E-state index contributed by atoms with van der Waals surface area (Å²) in [6, 6.07) is 5.24. The molecular formula is C14H12FN5O. The van der Waals surface area contributed by atoms with E-state index in [2.05, 4.69) is 15.1 Å². The molecule has 0 aliphatic carbocycles. The van der Waals surface area contributed by atoms with Crippen molar-refractivity contribution in [2.24, 2.45) is 7.05 Å². The molecule has 106 valence electrons. The number of anilines is 1. The maximum absolute atomic E-state index is 13.4. The number of aromatic nitrogens is 4. The summed E-state index contributed by atoms with van der Waals surface area (Å²) in [6.45, 7) is 0. The average Bonchev–Trinajstić information content (AvgIpc) is 2.83. The summed E-state index contributed by atoms with van der Waals surface area (Å²) < 4.78 is 15.0. The molecule has 7 heteroatoms. The predicted molar refractivity (Wildman–Crippen MR) is 75.7 cm³/mol. The lowest BCUT2D eigenvalue weighted by molar-refractivity contribution is 0.469. The van der Waals surface area contributed by atoms with E-state index >= 15 is 0 Å². The van der Waals surface area contributed by atoms with Crippen molar-refractivity contribution in [1.29, 1.82) is 0 Å². The van der Waals surface area contributed by atoms with E-state index in [-0.39, 0.29) is 17.4 Å². The number of nitrogen functional groups attached to an aromatic ring is 1. The van der Waals surface area contributed by atoms with Crippen molar-refractivity contribution < 1.29 is 9.50 Å². The van der Waals surface area contributed by atoms with Gasteiger partial charge in [-0.3, -0.25) is 4.68 Å². The highest BCUT2D eigenvalue weighted by Crippen LogP contribution is 2.26. The summed E-state index contributed by atoms with van der Waals surface area (Å²) >= 11 is 0. The molecule has 2 heterocycles. The molecule has 0 bridgehead atoms. The van der Waals surface area contributed by atoms with E-state index in [1.165, 1.54) is 12.1 Å². The Morgan fingerprint density at radius 2 is 1.95 bits per heavy atom. The number of aromatic hydroxyl groups is 1. The summed E-state index contributed by atoms with van der Waals surface area (Å²) in [6.07, 6.45) is 3.43. The van der Waals surface area contributed by atoms with Gasteiger partial charge in [-0.25, -0.2) is 14.4 Å². The minimum Gasteiger partial charge on any atom is -0.508 e. The zero-order valence-electron chi connectivity index (χ0n) is 11.2. The Kier molecular flexibility index (Phi) is 3.02. The Morgan fingerprint density at radius 1 is 1.14 bits per heavy atom. The highest BCUT2D eigenvalue weighted by atomic mass is 19.1. The van der Waals surface area contributed by atoms with Gasteiger partial charge in [0.25, 0.3) is 0 Å². The molecule has 0 spiro atoms. The summed E-state index contributed by atoms with van der Waals surface area (Å²) in [5.74, 6) is -0.274. The van der Waals surface area contributed by atoms with E-state index in [9.17, 15) is 9.50 Å². The van der Waals surface area contributed by atoms with Crippen molar-refractivity contribution in [3.63, 3.8) is 0 Å². The zero-order chi connectivity index (χ0) is 15.0. The van der Waals surface area contributed by atoms with Crippen LogP contribution in [0.5, 0.6) is 5.75 Å². The largest absolute Gasteiger partial charge is 0.508 e.